The van der Waals surface area contributed by atoms with E-state index in [0.29, 0.717) is 18.3 Å². The monoisotopic (exact) mass is 322 g/mol. The van der Waals surface area contributed by atoms with Crippen LogP contribution in [0.15, 0.2) is 0 Å². The molecule has 0 radical (unpaired) electrons. The van der Waals surface area contributed by atoms with E-state index in [1.165, 1.54) is 6.42 Å². The lowest BCUT2D eigenvalue weighted by atomic mass is 9.44. The molecule has 3 nitrogen and oxygen atoms in total. The van der Waals surface area contributed by atoms with Gasteiger partial charge in [-0.2, -0.15) is 0 Å². The number of carbonyl (C=O) groups is 1. The first-order valence-electron chi connectivity index (χ1n) is 9.43. The second-order valence-electron chi connectivity index (χ2n) is 9.64. The van der Waals surface area contributed by atoms with Crippen molar-refractivity contribution in [3.8, 4) is 0 Å². The Labute approximate surface area is 141 Å². The van der Waals surface area contributed by atoms with Crippen molar-refractivity contribution >= 4 is 6.29 Å². The van der Waals surface area contributed by atoms with Gasteiger partial charge in [-0.15, -0.1) is 0 Å². The molecule has 1 heterocycles. The molecule has 6 atom stereocenters. The smallest absolute Gasteiger partial charge is 0.122 e. The average molecular weight is 322 g/mol. The van der Waals surface area contributed by atoms with Gasteiger partial charge in [0.1, 0.15) is 6.29 Å². The quantitative estimate of drug-likeness (QED) is 0.778. The van der Waals surface area contributed by atoms with Crippen LogP contribution in [0.4, 0.5) is 0 Å². The summed E-state index contributed by atoms with van der Waals surface area (Å²) in [5, 5.41) is 10.6. The molecule has 0 aromatic rings. The van der Waals surface area contributed by atoms with Crippen molar-refractivity contribution in [1.29, 1.82) is 0 Å². The second kappa shape index (κ2) is 5.29. The van der Waals surface area contributed by atoms with Crippen LogP contribution < -0.4 is 0 Å². The summed E-state index contributed by atoms with van der Waals surface area (Å²) in [4.78, 5) is 11.1. The number of aldehydes is 1. The van der Waals surface area contributed by atoms with Gasteiger partial charge in [0.05, 0.1) is 17.3 Å². The molecule has 23 heavy (non-hydrogen) atoms. The zero-order valence-electron chi connectivity index (χ0n) is 15.5. The molecule has 3 fully saturated rings. The van der Waals surface area contributed by atoms with E-state index in [1.807, 2.05) is 0 Å². The van der Waals surface area contributed by atoms with Crippen LogP contribution in [0, 0.1) is 22.7 Å². The Balaban J connectivity index is 2.01. The molecule has 3 rings (SSSR count). The summed E-state index contributed by atoms with van der Waals surface area (Å²) >= 11 is 0. The van der Waals surface area contributed by atoms with Gasteiger partial charge in [-0.25, -0.2) is 0 Å². The molecule has 132 valence electrons. The highest BCUT2D eigenvalue weighted by Gasteiger charge is 2.67. The fourth-order valence-electron chi connectivity index (χ4n) is 6.51. The standard InChI is InChI=1S/C20H34O3/c1-14-6-7-15-17(2,3)16(22)8-9-19(15,5)20(14)11-10-18(4,23-20)12-13-21/h13-16,22H,6-12H2,1-5H3/t14-,15-,16-,18+,19-,20+/m0/s1. The summed E-state index contributed by atoms with van der Waals surface area (Å²) in [6.07, 6.45) is 7.55. The lowest BCUT2D eigenvalue weighted by Crippen LogP contribution is -2.65. The van der Waals surface area contributed by atoms with Crippen LogP contribution in [0.5, 0.6) is 0 Å². The van der Waals surface area contributed by atoms with E-state index >= 15 is 0 Å². The van der Waals surface area contributed by atoms with Crippen molar-refractivity contribution in [1.82, 2.24) is 0 Å². The maximum atomic E-state index is 11.1. The van der Waals surface area contributed by atoms with E-state index in [-0.39, 0.29) is 28.1 Å². The summed E-state index contributed by atoms with van der Waals surface area (Å²) in [5.41, 5.74) is -0.409. The van der Waals surface area contributed by atoms with Crippen LogP contribution in [0.1, 0.15) is 79.6 Å². The minimum absolute atomic E-state index is 0.0624. The maximum absolute atomic E-state index is 11.1. The summed E-state index contributed by atoms with van der Waals surface area (Å²) in [6.45, 7) is 11.3. The molecule has 1 spiro atoms. The summed E-state index contributed by atoms with van der Waals surface area (Å²) in [6, 6.07) is 0. The van der Waals surface area contributed by atoms with Crippen molar-refractivity contribution < 1.29 is 14.6 Å². The fraction of sp³-hybridized carbons (Fsp3) is 0.950. The average Bonchev–Trinajstić information content (AvgIpc) is 2.81. The largest absolute Gasteiger partial charge is 0.393 e. The van der Waals surface area contributed by atoms with Crippen molar-refractivity contribution in [3.05, 3.63) is 0 Å². The molecule has 0 unspecified atom stereocenters. The van der Waals surface area contributed by atoms with Gasteiger partial charge in [0.15, 0.2) is 0 Å². The van der Waals surface area contributed by atoms with Gasteiger partial charge in [-0.1, -0.05) is 27.7 Å². The molecule has 1 N–H and O–H groups in total. The number of carbonyl (C=O) groups excluding carboxylic acids is 1. The van der Waals surface area contributed by atoms with Crippen LogP contribution in [0.3, 0.4) is 0 Å². The van der Waals surface area contributed by atoms with Crippen molar-refractivity contribution in [2.24, 2.45) is 22.7 Å². The molecule has 0 bridgehead atoms. The first-order chi connectivity index (χ1) is 10.6. The summed E-state index contributed by atoms with van der Waals surface area (Å²) in [7, 11) is 0. The van der Waals surface area contributed by atoms with E-state index in [4.69, 9.17) is 4.74 Å². The molecular formula is C20H34O3. The van der Waals surface area contributed by atoms with E-state index in [0.717, 1.165) is 38.4 Å². The molecule has 1 saturated heterocycles. The van der Waals surface area contributed by atoms with Gasteiger partial charge < -0.3 is 14.6 Å². The Bertz CT molecular complexity index is 487. The van der Waals surface area contributed by atoms with Gasteiger partial charge in [0, 0.05) is 11.8 Å². The number of rotatable bonds is 2. The minimum atomic E-state index is -0.304. The maximum Gasteiger partial charge on any atom is 0.122 e. The van der Waals surface area contributed by atoms with Crippen LogP contribution in [-0.4, -0.2) is 28.7 Å². The number of aliphatic hydroxyl groups excluding tert-OH is 1. The van der Waals surface area contributed by atoms with Crippen molar-refractivity contribution in [3.63, 3.8) is 0 Å². The van der Waals surface area contributed by atoms with E-state index in [2.05, 4.69) is 34.6 Å². The zero-order chi connectivity index (χ0) is 17.1. The van der Waals surface area contributed by atoms with E-state index in [9.17, 15) is 9.90 Å². The highest BCUT2D eigenvalue weighted by Crippen LogP contribution is 2.67. The van der Waals surface area contributed by atoms with Crippen molar-refractivity contribution in [2.75, 3.05) is 0 Å². The normalized spacial score (nSPS) is 52.3. The van der Waals surface area contributed by atoms with Gasteiger partial charge in [0.2, 0.25) is 0 Å². The summed E-state index contributed by atoms with van der Waals surface area (Å²) in [5.74, 6) is 0.997. The predicted octanol–water partition coefficient (Wildman–Crippen LogP) is 4.12. The predicted molar refractivity (Wildman–Crippen MR) is 91.2 cm³/mol. The molecule has 0 aromatic carbocycles. The molecule has 3 heteroatoms. The SMILES string of the molecule is C[C@H]1CC[C@H]2C(C)(C)[C@@H](O)CC[C@]2(C)[C@@]12CC[C@](C)(CC=O)O2. The molecule has 1 aliphatic heterocycles. The van der Waals surface area contributed by atoms with Gasteiger partial charge in [0.25, 0.3) is 0 Å². The number of hydrogen-bond acceptors (Lipinski definition) is 3. The number of ether oxygens (including phenoxy) is 1. The Hall–Kier alpha value is -0.410. The van der Waals surface area contributed by atoms with Gasteiger partial charge in [-0.3, -0.25) is 0 Å². The van der Waals surface area contributed by atoms with E-state index < -0.39 is 0 Å². The third-order valence-electron chi connectivity index (χ3n) is 8.08. The van der Waals surface area contributed by atoms with Crippen molar-refractivity contribution in [2.45, 2.75) is 96.9 Å². The molecule has 3 aliphatic rings. The lowest BCUT2D eigenvalue weighted by Gasteiger charge is -2.64. The highest BCUT2D eigenvalue weighted by atomic mass is 16.5. The second-order valence-corrected chi connectivity index (χ2v) is 9.64. The number of hydrogen-bond donors (Lipinski definition) is 1. The topological polar surface area (TPSA) is 46.5 Å². The van der Waals surface area contributed by atoms with Gasteiger partial charge in [-0.05, 0) is 62.7 Å². The Morgan fingerprint density at radius 2 is 1.78 bits per heavy atom. The third kappa shape index (κ3) is 2.26. The highest BCUT2D eigenvalue weighted by molar-refractivity contribution is 5.51. The summed E-state index contributed by atoms with van der Waals surface area (Å²) < 4.78 is 6.82. The Morgan fingerprint density at radius 1 is 1.09 bits per heavy atom. The lowest BCUT2D eigenvalue weighted by molar-refractivity contribution is -0.257. The third-order valence-corrected chi connectivity index (χ3v) is 8.08. The molecule has 0 amide bonds. The number of fused-ring (bicyclic) bond motifs is 2. The zero-order valence-corrected chi connectivity index (χ0v) is 15.5. The molecule has 2 saturated carbocycles. The first kappa shape index (κ1) is 17.4. The first-order valence-corrected chi connectivity index (χ1v) is 9.43. The molecular weight excluding hydrogens is 288 g/mol. The minimum Gasteiger partial charge on any atom is -0.393 e. The van der Waals surface area contributed by atoms with Gasteiger partial charge >= 0.3 is 0 Å². The number of aliphatic hydroxyl groups is 1. The van der Waals surface area contributed by atoms with Crippen LogP contribution in [0.2, 0.25) is 0 Å². The fourth-order valence-corrected chi connectivity index (χ4v) is 6.51. The van der Waals surface area contributed by atoms with Crippen LogP contribution in [0.25, 0.3) is 0 Å². The molecule has 0 aromatic heterocycles. The van der Waals surface area contributed by atoms with Crippen LogP contribution in [-0.2, 0) is 9.53 Å². The Morgan fingerprint density at radius 3 is 2.43 bits per heavy atom. The Kier molecular flexibility index (Phi) is 4.01. The van der Waals surface area contributed by atoms with E-state index in [1.54, 1.807) is 0 Å². The molecule has 2 aliphatic carbocycles. The van der Waals surface area contributed by atoms with Crippen LogP contribution >= 0.6 is 0 Å².